The Morgan fingerprint density at radius 3 is 2.55 bits per heavy atom. The third kappa shape index (κ3) is 4.98. The minimum absolute atomic E-state index is 0.0993. The van der Waals surface area contributed by atoms with E-state index in [2.05, 4.69) is 26.2 Å². The van der Waals surface area contributed by atoms with Crippen LogP contribution in [0, 0.1) is 0 Å². The summed E-state index contributed by atoms with van der Waals surface area (Å²) < 4.78 is 43.3. The quantitative estimate of drug-likeness (QED) is 0.403. The van der Waals surface area contributed by atoms with E-state index in [1.165, 1.54) is 24.9 Å². The molecule has 0 saturated carbocycles. The smallest absolute Gasteiger partial charge is 0.406 e. The standard InChI is InChI=1S/C20H22ClF3N4O/c1-3-5-6-7-10-28-16(4-2)27-18-17(25-12-26-19(18)28)14-9-8-13(11-15(14)21)29-20(22,23)24/h8-9,11-12H,3-7,10H2,1-2H3. The van der Waals surface area contributed by atoms with Gasteiger partial charge in [-0.25, -0.2) is 15.0 Å². The lowest BCUT2D eigenvalue weighted by Crippen LogP contribution is -2.17. The lowest BCUT2D eigenvalue weighted by molar-refractivity contribution is -0.274. The predicted molar refractivity (Wildman–Crippen MR) is 106 cm³/mol. The molecular formula is C20H22ClF3N4O. The Labute approximate surface area is 171 Å². The number of hydrogen-bond donors (Lipinski definition) is 0. The van der Waals surface area contributed by atoms with Crippen LogP contribution in [0.15, 0.2) is 24.5 Å². The molecule has 1 aromatic carbocycles. The number of nitrogens with zero attached hydrogens (tertiary/aromatic N) is 4. The van der Waals surface area contributed by atoms with Crippen LogP contribution >= 0.6 is 11.6 Å². The Kier molecular flexibility index (Phi) is 6.62. The second-order valence-corrected chi connectivity index (χ2v) is 7.09. The second-order valence-electron chi connectivity index (χ2n) is 6.68. The maximum absolute atomic E-state index is 12.4. The molecule has 156 valence electrons. The Hall–Kier alpha value is -2.35. The fourth-order valence-electron chi connectivity index (χ4n) is 3.27. The molecule has 0 amide bonds. The monoisotopic (exact) mass is 426 g/mol. The van der Waals surface area contributed by atoms with Crippen molar-refractivity contribution in [3.05, 3.63) is 35.4 Å². The van der Waals surface area contributed by atoms with Gasteiger partial charge in [0.1, 0.15) is 29.1 Å². The van der Waals surface area contributed by atoms with Gasteiger partial charge in [-0.15, -0.1) is 13.2 Å². The Morgan fingerprint density at radius 1 is 1.10 bits per heavy atom. The molecule has 9 heteroatoms. The van der Waals surface area contributed by atoms with Crippen molar-refractivity contribution in [3.63, 3.8) is 0 Å². The SMILES string of the molecule is CCCCCCn1c(CC)nc2c(-c3ccc(OC(F)(F)F)cc3Cl)ncnc21. The van der Waals surface area contributed by atoms with Gasteiger partial charge in [0.25, 0.3) is 0 Å². The number of alkyl halides is 3. The first kappa shape index (κ1) is 21.4. The number of fused-ring (bicyclic) bond motifs is 1. The molecule has 2 aromatic heterocycles. The maximum Gasteiger partial charge on any atom is 0.573 e. The number of benzene rings is 1. The zero-order chi connectivity index (χ0) is 21.0. The minimum atomic E-state index is -4.78. The largest absolute Gasteiger partial charge is 0.573 e. The summed E-state index contributed by atoms with van der Waals surface area (Å²) in [5.74, 6) is 0.513. The number of rotatable bonds is 8. The highest BCUT2D eigenvalue weighted by Crippen LogP contribution is 2.35. The molecule has 0 fully saturated rings. The molecule has 0 radical (unpaired) electrons. The minimum Gasteiger partial charge on any atom is -0.406 e. The molecule has 3 rings (SSSR count). The number of unbranched alkanes of at least 4 members (excludes halogenated alkanes) is 3. The van der Waals surface area contributed by atoms with E-state index in [9.17, 15) is 13.2 Å². The molecule has 0 spiro atoms. The first-order chi connectivity index (χ1) is 13.8. The molecule has 0 aliphatic rings. The van der Waals surface area contributed by atoms with Gasteiger partial charge in [-0.05, 0) is 24.6 Å². The van der Waals surface area contributed by atoms with Gasteiger partial charge in [-0.2, -0.15) is 0 Å². The average Bonchev–Trinajstić information content (AvgIpc) is 3.02. The molecule has 29 heavy (non-hydrogen) atoms. The summed E-state index contributed by atoms with van der Waals surface area (Å²) in [6.45, 7) is 4.99. The molecule has 0 saturated heterocycles. The summed E-state index contributed by atoms with van der Waals surface area (Å²) in [6, 6.07) is 3.79. The molecule has 0 aliphatic heterocycles. The van der Waals surface area contributed by atoms with Crippen molar-refractivity contribution in [2.75, 3.05) is 0 Å². The van der Waals surface area contributed by atoms with E-state index in [0.717, 1.165) is 44.1 Å². The number of aryl methyl sites for hydroxylation is 2. The zero-order valence-corrected chi connectivity index (χ0v) is 17.0. The molecule has 0 N–H and O–H groups in total. The van der Waals surface area contributed by atoms with E-state index < -0.39 is 6.36 Å². The van der Waals surface area contributed by atoms with Crippen LogP contribution in [0.5, 0.6) is 5.75 Å². The van der Waals surface area contributed by atoms with E-state index in [4.69, 9.17) is 16.6 Å². The highest BCUT2D eigenvalue weighted by atomic mass is 35.5. The topological polar surface area (TPSA) is 52.8 Å². The van der Waals surface area contributed by atoms with Crippen LogP contribution in [-0.2, 0) is 13.0 Å². The van der Waals surface area contributed by atoms with Crippen molar-refractivity contribution in [3.8, 4) is 17.0 Å². The van der Waals surface area contributed by atoms with Gasteiger partial charge >= 0.3 is 6.36 Å². The lowest BCUT2D eigenvalue weighted by atomic mass is 10.1. The van der Waals surface area contributed by atoms with Crippen LogP contribution in [0.4, 0.5) is 13.2 Å². The highest BCUT2D eigenvalue weighted by molar-refractivity contribution is 6.33. The van der Waals surface area contributed by atoms with Crippen LogP contribution in [0.2, 0.25) is 5.02 Å². The molecular weight excluding hydrogens is 405 g/mol. The molecule has 0 aliphatic carbocycles. The summed E-state index contributed by atoms with van der Waals surface area (Å²) >= 11 is 6.25. The number of aromatic nitrogens is 4. The van der Waals surface area contributed by atoms with E-state index in [1.807, 2.05) is 6.92 Å². The average molecular weight is 427 g/mol. The van der Waals surface area contributed by atoms with Gasteiger partial charge in [0, 0.05) is 18.5 Å². The predicted octanol–water partition coefficient (Wildman–Crippen LogP) is 6.19. The van der Waals surface area contributed by atoms with Crippen molar-refractivity contribution in [2.24, 2.45) is 0 Å². The normalized spacial score (nSPS) is 11.9. The first-order valence-corrected chi connectivity index (χ1v) is 9.97. The van der Waals surface area contributed by atoms with Gasteiger partial charge < -0.3 is 9.30 Å². The number of imidazole rings is 1. The van der Waals surface area contributed by atoms with Crippen LogP contribution < -0.4 is 4.74 Å². The van der Waals surface area contributed by atoms with Crippen LogP contribution in [0.25, 0.3) is 22.4 Å². The molecule has 0 atom stereocenters. The Bertz CT molecular complexity index is 988. The highest BCUT2D eigenvalue weighted by Gasteiger charge is 2.31. The summed E-state index contributed by atoms with van der Waals surface area (Å²) in [5.41, 5.74) is 2.26. The van der Waals surface area contributed by atoms with Gasteiger partial charge in [0.05, 0.1) is 5.02 Å². The zero-order valence-electron chi connectivity index (χ0n) is 16.3. The van der Waals surface area contributed by atoms with E-state index in [0.29, 0.717) is 22.4 Å². The van der Waals surface area contributed by atoms with Gasteiger partial charge in [0.15, 0.2) is 5.65 Å². The first-order valence-electron chi connectivity index (χ1n) is 9.59. The summed E-state index contributed by atoms with van der Waals surface area (Å²) in [7, 11) is 0. The van der Waals surface area contributed by atoms with Crippen molar-refractivity contribution >= 4 is 22.8 Å². The number of halogens is 4. The van der Waals surface area contributed by atoms with Crippen molar-refractivity contribution in [1.82, 2.24) is 19.5 Å². The molecule has 3 aromatic rings. The second kappa shape index (κ2) is 8.98. The fourth-order valence-corrected chi connectivity index (χ4v) is 3.53. The van der Waals surface area contributed by atoms with Crippen LogP contribution in [-0.4, -0.2) is 25.9 Å². The van der Waals surface area contributed by atoms with Crippen molar-refractivity contribution < 1.29 is 17.9 Å². The van der Waals surface area contributed by atoms with Gasteiger partial charge in [0.2, 0.25) is 0 Å². The number of hydrogen-bond acceptors (Lipinski definition) is 4. The van der Waals surface area contributed by atoms with Crippen LogP contribution in [0.3, 0.4) is 0 Å². The van der Waals surface area contributed by atoms with Crippen LogP contribution in [0.1, 0.15) is 45.4 Å². The van der Waals surface area contributed by atoms with E-state index >= 15 is 0 Å². The maximum atomic E-state index is 12.4. The molecule has 2 heterocycles. The molecule has 0 unspecified atom stereocenters. The Balaban J connectivity index is 1.99. The summed E-state index contributed by atoms with van der Waals surface area (Å²) in [6.07, 6.45) is 1.87. The summed E-state index contributed by atoms with van der Waals surface area (Å²) in [4.78, 5) is 13.4. The van der Waals surface area contributed by atoms with E-state index in [-0.39, 0.29) is 10.8 Å². The number of ether oxygens (including phenoxy) is 1. The Morgan fingerprint density at radius 2 is 1.90 bits per heavy atom. The van der Waals surface area contributed by atoms with Crippen molar-refractivity contribution in [2.45, 2.75) is 58.9 Å². The third-order valence-electron chi connectivity index (χ3n) is 4.59. The third-order valence-corrected chi connectivity index (χ3v) is 4.90. The van der Waals surface area contributed by atoms with E-state index in [1.54, 1.807) is 0 Å². The molecule has 5 nitrogen and oxygen atoms in total. The lowest BCUT2D eigenvalue weighted by Gasteiger charge is -2.11. The van der Waals surface area contributed by atoms with Gasteiger partial charge in [-0.1, -0.05) is 44.7 Å². The van der Waals surface area contributed by atoms with Crippen molar-refractivity contribution in [1.29, 1.82) is 0 Å². The molecule has 0 bridgehead atoms. The van der Waals surface area contributed by atoms with Gasteiger partial charge in [-0.3, -0.25) is 0 Å². The fraction of sp³-hybridized carbons (Fsp3) is 0.450. The summed E-state index contributed by atoms with van der Waals surface area (Å²) in [5, 5.41) is 0.0993.